The van der Waals surface area contributed by atoms with Gasteiger partial charge in [0.15, 0.2) is 0 Å². The Morgan fingerprint density at radius 1 is 1.50 bits per heavy atom. The van der Waals surface area contributed by atoms with E-state index in [0.717, 1.165) is 18.4 Å². The van der Waals surface area contributed by atoms with Crippen molar-refractivity contribution in [2.75, 3.05) is 0 Å². The molecule has 0 spiro atoms. The van der Waals surface area contributed by atoms with E-state index in [1.165, 1.54) is 19.1 Å². The van der Waals surface area contributed by atoms with E-state index in [4.69, 9.17) is 9.52 Å². The number of furan rings is 1. The summed E-state index contributed by atoms with van der Waals surface area (Å²) in [6.45, 7) is 5.19. The van der Waals surface area contributed by atoms with Crippen molar-refractivity contribution >= 4 is 5.97 Å². The molecule has 1 heterocycles. The van der Waals surface area contributed by atoms with Gasteiger partial charge >= 0.3 is 5.97 Å². The molecule has 0 unspecified atom stereocenters. The fourth-order valence-electron chi connectivity index (χ4n) is 2.52. The number of rotatable bonds is 4. The maximum Gasteiger partial charge on any atom is 0.372 e. The predicted molar refractivity (Wildman–Crippen MR) is 68.5 cm³/mol. The predicted octanol–water partition coefficient (Wildman–Crippen LogP) is 3.04. The normalized spacial score (nSPS) is 19.9. The van der Waals surface area contributed by atoms with Gasteiger partial charge in [0.05, 0.1) is 6.26 Å². The van der Waals surface area contributed by atoms with Crippen LogP contribution in [-0.4, -0.2) is 17.1 Å². The number of carbonyl (C=O) groups is 1. The van der Waals surface area contributed by atoms with E-state index in [2.05, 4.69) is 19.2 Å². The van der Waals surface area contributed by atoms with E-state index >= 15 is 0 Å². The third-order valence-electron chi connectivity index (χ3n) is 3.86. The largest absolute Gasteiger partial charge is 0.475 e. The molecule has 0 aromatic carbocycles. The van der Waals surface area contributed by atoms with Gasteiger partial charge in [0.1, 0.15) is 0 Å². The minimum Gasteiger partial charge on any atom is -0.475 e. The van der Waals surface area contributed by atoms with Crippen LogP contribution in [0.2, 0.25) is 0 Å². The van der Waals surface area contributed by atoms with Crippen LogP contribution in [0.3, 0.4) is 0 Å². The van der Waals surface area contributed by atoms with Crippen molar-refractivity contribution in [2.45, 2.75) is 52.1 Å². The standard InChI is InChI=1S/C14H21NO3/c1-14(2)6-3-11(4-7-14)15-9-10-5-8-18-12(10)13(16)17/h5,8,11,15H,3-4,6-7,9H2,1-2H3,(H,16,17). The number of hydrogen-bond donors (Lipinski definition) is 2. The second kappa shape index (κ2) is 5.14. The van der Waals surface area contributed by atoms with Crippen LogP contribution in [0.15, 0.2) is 16.7 Å². The third-order valence-corrected chi connectivity index (χ3v) is 3.86. The Labute approximate surface area is 107 Å². The molecular formula is C14H21NO3. The molecule has 4 nitrogen and oxygen atoms in total. The van der Waals surface area contributed by atoms with Crippen LogP contribution in [-0.2, 0) is 6.54 Å². The first kappa shape index (κ1) is 13.1. The molecule has 18 heavy (non-hydrogen) atoms. The molecule has 0 bridgehead atoms. The zero-order valence-corrected chi connectivity index (χ0v) is 11.0. The van der Waals surface area contributed by atoms with Gasteiger partial charge in [-0.25, -0.2) is 4.79 Å². The molecule has 4 heteroatoms. The number of carboxylic acid groups (broad SMARTS) is 1. The van der Waals surface area contributed by atoms with Crippen LogP contribution in [0.4, 0.5) is 0 Å². The Kier molecular flexibility index (Phi) is 3.76. The molecule has 2 rings (SSSR count). The molecule has 1 aliphatic carbocycles. The summed E-state index contributed by atoms with van der Waals surface area (Å²) >= 11 is 0. The fraction of sp³-hybridized carbons (Fsp3) is 0.643. The second-order valence-electron chi connectivity index (χ2n) is 5.90. The highest BCUT2D eigenvalue weighted by atomic mass is 16.4. The van der Waals surface area contributed by atoms with E-state index in [1.807, 2.05) is 0 Å². The first-order chi connectivity index (χ1) is 8.48. The molecule has 1 aliphatic rings. The van der Waals surface area contributed by atoms with E-state index in [1.54, 1.807) is 6.07 Å². The zero-order valence-electron chi connectivity index (χ0n) is 11.0. The summed E-state index contributed by atoms with van der Waals surface area (Å²) in [7, 11) is 0. The summed E-state index contributed by atoms with van der Waals surface area (Å²) in [6, 6.07) is 2.22. The van der Waals surface area contributed by atoms with Crippen molar-refractivity contribution in [2.24, 2.45) is 5.41 Å². The number of hydrogen-bond acceptors (Lipinski definition) is 3. The Bertz CT molecular complexity index is 412. The lowest BCUT2D eigenvalue weighted by Crippen LogP contribution is -2.35. The number of nitrogens with one attached hydrogen (secondary N) is 1. The van der Waals surface area contributed by atoms with Crippen molar-refractivity contribution in [3.63, 3.8) is 0 Å². The molecule has 100 valence electrons. The summed E-state index contributed by atoms with van der Waals surface area (Å²) in [6.07, 6.45) is 6.20. The molecule has 0 saturated heterocycles. The third kappa shape index (κ3) is 3.13. The minimum absolute atomic E-state index is 0.0543. The van der Waals surface area contributed by atoms with Crippen molar-refractivity contribution in [3.05, 3.63) is 23.7 Å². The van der Waals surface area contributed by atoms with Gasteiger partial charge in [-0.05, 0) is 37.2 Å². The van der Waals surface area contributed by atoms with E-state index in [0.29, 0.717) is 18.0 Å². The zero-order chi connectivity index (χ0) is 13.2. The summed E-state index contributed by atoms with van der Waals surface area (Å²) in [5.41, 5.74) is 1.19. The van der Waals surface area contributed by atoms with Crippen molar-refractivity contribution < 1.29 is 14.3 Å². The highest BCUT2D eigenvalue weighted by Crippen LogP contribution is 2.35. The smallest absolute Gasteiger partial charge is 0.372 e. The van der Waals surface area contributed by atoms with Gasteiger partial charge in [0.25, 0.3) is 0 Å². The Morgan fingerprint density at radius 3 is 2.78 bits per heavy atom. The minimum atomic E-state index is -0.999. The van der Waals surface area contributed by atoms with E-state index < -0.39 is 5.97 Å². The van der Waals surface area contributed by atoms with Crippen LogP contribution in [0, 0.1) is 5.41 Å². The fourth-order valence-corrected chi connectivity index (χ4v) is 2.52. The van der Waals surface area contributed by atoms with Gasteiger partial charge in [0.2, 0.25) is 5.76 Å². The van der Waals surface area contributed by atoms with Crippen molar-refractivity contribution in [3.8, 4) is 0 Å². The lowest BCUT2D eigenvalue weighted by Gasteiger charge is -2.34. The lowest BCUT2D eigenvalue weighted by molar-refractivity contribution is 0.0660. The highest BCUT2D eigenvalue weighted by Gasteiger charge is 2.26. The van der Waals surface area contributed by atoms with Crippen LogP contribution < -0.4 is 5.32 Å². The topological polar surface area (TPSA) is 62.5 Å². The molecule has 0 amide bonds. The van der Waals surface area contributed by atoms with Gasteiger partial charge < -0.3 is 14.8 Å². The summed E-state index contributed by atoms with van der Waals surface area (Å²) in [5.74, 6) is -0.944. The van der Waals surface area contributed by atoms with E-state index in [-0.39, 0.29) is 5.76 Å². The van der Waals surface area contributed by atoms with Gasteiger partial charge in [0, 0.05) is 18.2 Å². The van der Waals surface area contributed by atoms with Crippen LogP contribution >= 0.6 is 0 Å². The van der Waals surface area contributed by atoms with Gasteiger partial charge in [-0.2, -0.15) is 0 Å². The van der Waals surface area contributed by atoms with Crippen LogP contribution in [0.25, 0.3) is 0 Å². The molecule has 0 atom stereocenters. The summed E-state index contributed by atoms with van der Waals surface area (Å²) in [5, 5.41) is 12.4. The average Bonchev–Trinajstić information content (AvgIpc) is 2.76. The number of aromatic carboxylic acids is 1. The van der Waals surface area contributed by atoms with Gasteiger partial charge in [-0.15, -0.1) is 0 Å². The van der Waals surface area contributed by atoms with Gasteiger partial charge in [-0.3, -0.25) is 0 Å². The first-order valence-electron chi connectivity index (χ1n) is 6.51. The molecule has 1 aromatic rings. The molecule has 1 saturated carbocycles. The maximum absolute atomic E-state index is 10.9. The van der Waals surface area contributed by atoms with Gasteiger partial charge in [-0.1, -0.05) is 13.8 Å². The molecule has 0 aliphatic heterocycles. The Balaban J connectivity index is 1.85. The second-order valence-corrected chi connectivity index (χ2v) is 5.90. The van der Waals surface area contributed by atoms with Crippen molar-refractivity contribution in [1.82, 2.24) is 5.32 Å². The number of carboxylic acids is 1. The Morgan fingerprint density at radius 2 is 2.17 bits per heavy atom. The Hall–Kier alpha value is -1.29. The first-order valence-corrected chi connectivity index (χ1v) is 6.51. The quantitative estimate of drug-likeness (QED) is 0.863. The van der Waals surface area contributed by atoms with Crippen molar-refractivity contribution in [1.29, 1.82) is 0 Å². The lowest BCUT2D eigenvalue weighted by atomic mass is 9.75. The monoisotopic (exact) mass is 251 g/mol. The molecule has 1 aromatic heterocycles. The highest BCUT2D eigenvalue weighted by molar-refractivity contribution is 5.86. The molecule has 1 fully saturated rings. The van der Waals surface area contributed by atoms with Crippen LogP contribution in [0.5, 0.6) is 0 Å². The summed E-state index contributed by atoms with van der Waals surface area (Å²) < 4.78 is 4.96. The SMILES string of the molecule is CC1(C)CCC(NCc2ccoc2C(=O)O)CC1. The van der Waals surface area contributed by atoms with E-state index in [9.17, 15) is 4.79 Å². The molecule has 0 radical (unpaired) electrons. The molecule has 2 N–H and O–H groups in total. The summed E-state index contributed by atoms with van der Waals surface area (Å²) in [4.78, 5) is 10.9. The van der Waals surface area contributed by atoms with Crippen LogP contribution in [0.1, 0.15) is 55.6 Å². The average molecular weight is 251 g/mol. The maximum atomic E-state index is 10.9. The molecular weight excluding hydrogens is 230 g/mol.